The molecule has 0 bridgehead atoms. The number of esters is 1. The number of aliphatic carboxylic acids is 1. The lowest BCUT2D eigenvalue weighted by atomic mass is 10.0. The highest BCUT2D eigenvalue weighted by atomic mass is 19.4. The molecule has 100 valence electrons. The maximum Gasteiger partial charge on any atom is 0.389 e. The maximum atomic E-state index is 12.0. The normalized spacial score (nSPS) is 14.2. The van der Waals surface area contributed by atoms with Gasteiger partial charge in [0.05, 0.1) is 18.8 Å². The summed E-state index contributed by atoms with van der Waals surface area (Å²) in [5.74, 6) is -4.41. The molecule has 0 aromatic carbocycles. The van der Waals surface area contributed by atoms with Gasteiger partial charge in [0.25, 0.3) is 0 Å². The Kier molecular flexibility index (Phi) is 4.97. The minimum Gasteiger partial charge on any atom is -0.481 e. The summed E-state index contributed by atoms with van der Waals surface area (Å²) in [6.07, 6.45) is -6.95. The highest BCUT2D eigenvalue weighted by molar-refractivity contribution is 5.79. The van der Waals surface area contributed by atoms with Gasteiger partial charge in [-0.15, -0.1) is 0 Å². The number of carbonyl (C=O) groups excluding carboxylic acids is 1. The topological polar surface area (TPSA) is 63.6 Å². The molecule has 1 N–H and O–H groups in total. The number of carbonyl (C=O) groups is 2. The Morgan fingerprint density at radius 2 is 1.71 bits per heavy atom. The molecular formula is C10H15F3O4. The summed E-state index contributed by atoms with van der Waals surface area (Å²) in [6.45, 7) is 4.64. The van der Waals surface area contributed by atoms with Crippen LogP contribution >= 0.6 is 0 Å². The van der Waals surface area contributed by atoms with Crippen molar-refractivity contribution in [1.82, 2.24) is 0 Å². The van der Waals surface area contributed by atoms with Crippen molar-refractivity contribution >= 4 is 11.9 Å². The molecule has 0 heterocycles. The van der Waals surface area contributed by atoms with E-state index in [0.717, 1.165) is 0 Å². The van der Waals surface area contributed by atoms with Crippen LogP contribution in [0.1, 0.15) is 33.6 Å². The van der Waals surface area contributed by atoms with E-state index in [1.165, 1.54) is 0 Å². The van der Waals surface area contributed by atoms with Gasteiger partial charge in [0.2, 0.25) is 0 Å². The van der Waals surface area contributed by atoms with Crippen LogP contribution in [-0.2, 0) is 14.3 Å². The standard InChI is InChI=1S/C10H15F3O4/c1-9(2,3)17-7(14)4-6(8(15)16)5-10(11,12)13/h6H,4-5H2,1-3H3,(H,15,16). The van der Waals surface area contributed by atoms with Gasteiger partial charge in [-0.05, 0) is 20.8 Å². The molecule has 17 heavy (non-hydrogen) atoms. The molecule has 0 aliphatic heterocycles. The van der Waals surface area contributed by atoms with Gasteiger partial charge in [0.15, 0.2) is 0 Å². The number of carboxylic acid groups (broad SMARTS) is 1. The molecule has 1 atom stereocenters. The Balaban J connectivity index is 4.47. The van der Waals surface area contributed by atoms with Gasteiger partial charge in [-0.3, -0.25) is 9.59 Å². The third-order valence-electron chi connectivity index (χ3n) is 1.66. The molecule has 0 rings (SSSR count). The summed E-state index contributed by atoms with van der Waals surface area (Å²) in [6, 6.07) is 0. The van der Waals surface area contributed by atoms with Crippen molar-refractivity contribution in [2.24, 2.45) is 5.92 Å². The minimum absolute atomic E-state index is 0.786. The van der Waals surface area contributed by atoms with Gasteiger partial charge in [-0.1, -0.05) is 0 Å². The smallest absolute Gasteiger partial charge is 0.389 e. The Bertz CT molecular complexity index is 291. The molecule has 0 fully saturated rings. The van der Waals surface area contributed by atoms with Crippen LogP contribution in [0.3, 0.4) is 0 Å². The molecule has 0 aromatic rings. The average Bonchev–Trinajstić information content (AvgIpc) is 1.95. The number of carboxylic acids is 1. The largest absolute Gasteiger partial charge is 0.481 e. The van der Waals surface area contributed by atoms with Crippen LogP contribution < -0.4 is 0 Å². The molecule has 0 aliphatic carbocycles. The second kappa shape index (κ2) is 5.37. The van der Waals surface area contributed by atoms with E-state index in [1.807, 2.05) is 0 Å². The quantitative estimate of drug-likeness (QED) is 0.784. The van der Waals surface area contributed by atoms with Crippen molar-refractivity contribution in [3.63, 3.8) is 0 Å². The van der Waals surface area contributed by atoms with Crippen LogP contribution in [0.25, 0.3) is 0 Å². The van der Waals surface area contributed by atoms with E-state index in [0.29, 0.717) is 0 Å². The molecule has 0 radical (unpaired) electrons. The van der Waals surface area contributed by atoms with Crippen molar-refractivity contribution in [2.45, 2.75) is 45.4 Å². The maximum absolute atomic E-state index is 12.0. The zero-order valence-electron chi connectivity index (χ0n) is 9.80. The van der Waals surface area contributed by atoms with Crippen LogP contribution in [-0.4, -0.2) is 28.8 Å². The number of rotatable bonds is 4. The Hall–Kier alpha value is -1.27. The molecule has 7 heteroatoms. The van der Waals surface area contributed by atoms with E-state index in [9.17, 15) is 22.8 Å². The first-order chi connectivity index (χ1) is 7.41. The molecule has 0 spiro atoms. The lowest BCUT2D eigenvalue weighted by Crippen LogP contribution is -2.29. The number of alkyl halides is 3. The predicted octanol–water partition coefficient (Wildman–Crippen LogP) is 2.37. The number of hydrogen-bond donors (Lipinski definition) is 1. The van der Waals surface area contributed by atoms with Gasteiger partial charge in [0, 0.05) is 0 Å². The van der Waals surface area contributed by atoms with Gasteiger partial charge < -0.3 is 9.84 Å². The molecule has 0 saturated heterocycles. The number of halogens is 3. The van der Waals surface area contributed by atoms with Crippen LogP contribution in [0, 0.1) is 5.92 Å². The molecule has 0 aromatic heterocycles. The fourth-order valence-corrected chi connectivity index (χ4v) is 1.11. The van der Waals surface area contributed by atoms with Gasteiger partial charge in [0.1, 0.15) is 5.60 Å². The van der Waals surface area contributed by atoms with Gasteiger partial charge in [-0.2, -0.15) is 13.2 Å². The lowest BCUT2D eigenvalue weighted by molar-refractivity contribution is -0.171. The molecule has 0 amide bonds. The fraction of sp³-hybridized carbons (Fsp3) is 0.800. The zero-order valence-corrected chi connectivity index (χ0v) is 9.80. The first kappa shape index (κ1) is 15.7. The van der Waals surface area contributed by atoms with E-state index in [2.05, 4.69) is 0 Å². The summed E-state index contributed by atoms with van der Waals surface area (Å²) >= 11 is 0. The SMILES string of the molecule is CC(C)(C)OC(=O)CC(CC(F)(F)F)C(=O)O. The van der Waals surface area contributed by atoms with Crippen LogP contribution in [0.2, 0.25) is 0 Å². The van der Waals surface area contributed by atoms with Gasteiger partial charge >= 0.3 is 18.1 Å². The third kappa shape index (κ3) is 8.53. The first-order valence-electron chi connectivity index (χ1n) is 4.92. The predicted molar refractivity (Wildman–Crippen MR) is 52.3 cm³/mol. The number of ether oxygens (including phenoxy) is 1. The van der Waals surface area contributed by atoms with Crippen molar-refractivity contribution in [2.75, 3.05) is 0 Å². The monoisotopic (exact) mass is 256 g/mol. The van der Waals surface area contributed by atoms with Crippen LogP contribution in [0.5, 0.6) is 0 Å². The van der Waals surface area contributed by atoms with E-state index >= 15 is 0 Å². The van der Waals surface area contributed by atoms with E-state index in [-0.39, 0.29) is 0 Å². The third-order valence-corrected chi connectivity index (χ3v) is 1.66. The Morgan fingerprint density at radius 3 is 2.00 bits per heavy atom. The average molecular weight is 256 g/mol. The van der Waals surface area contributed by atoms with Crippen molar-refractivity contribution in [3.05, 3.63) is 0 Å². The molecule has 4 nitrogen and oxygen atoms in total. The fourth-order valence-electron chi connectivity index (χ4n) is 1.11. The first-order valence-corrected chi connectivity index (χ1v) is 4.92. The summed E-state index contributed by atoms with van der Waals surface area (Å²) in [4.78, 5) is 21.8. The molecule has 1 unspecified atom stereocenters. The minimum atomic E-state index is -4.62. The summed E-state index contributed by atoms with van der Waals surface area (Å²) in [5.41, 5.74) is -0.849. The second-order valence-corrected chi connectivity index (χ2v) is 4.65. The van der Waals surface area contributed by atoms with Crippen LogP contribution in [0.15, 0.2) is 0 Å². The summed E-state index contributed by atoms with van der Waals surface area (Å²) in [5, 5.41) is 8.58. The van der Waals surface area contributed by atoms with Crippen molar-refractivity contribution in [1.29, 1.82) is 0 Å². The second-order valence-electron chi connectivity index (χ2n) is 4.65. The van der Waals surface area contributed by atoms with Crippen LogP contribution in [0.4, 0.5) is 13.2 Å². The molecule has 0 saturated carbocycles. The number of hydrogen-bond acceptors (Lipinski definition) is 3. The lowest BCUT2D eigenvalue weighted by Gasteiger charge is -2.21. The summed E-state index contributed by atoms with van der Waals surface area (Å²) in [7, 11) is 0. The van der Waals surface area contributed by atoms with Gasteiger partial charge in [-0.25, -0.2) is 0 Å². The highest BCUT2D eigenvalue weighted by Gasteiger charge is 2.37. The van der Waals surface area contributed by atoms with Crippen molar-refractivity contribution in [3.8, 4) is 0 Å². The van der Waals surface area contributed by atoms with E-state index in [4.69, 9.17) is 9.84 Å². The van der Waals surface area contributed by atoms with E-state index in [1.54, 1.807) is 20.8 Å². The van der Waals surface area contributed by atoms with E-state index < -0.39 is 42.5 Å². The molecular weight excluding hydrogens is 241 g/mol. The Labute approximate surface area is 96.8 Å². The summed E-state index contributed by atoms with van der Waals surface area (Å²) < 4.78 is 40.9. The zero-order chi connectivity index (χ0) is 13.9. The van der Waals surface area contributed by atoms with Crippen molar-refractivity contribution < 1.29 is 32.6 Å². The molecule has 0 aliphatic rings. The highest BCUT2D eigenvalue weighted by Crippen LogP contribution is 2.27. The Morgan fingerprint density at radius 1 is 1.24 bits per heavy atom.